The van der Waals surface area contributed by atoms with Crippen LogP contribution in [0.2, 0.25) is 0 Å². The van der Waals surface area contributed by atoms with Crippen LogP contribution in [0.5, 0.6) is 0 Å². The van der Waals surface area contributed by atoms with Crippen molar-refractivity contribution in [3.05, 3.63) is 69.8 Å². The quantitative estimate of drug-likeness (QED) is 0.601. The zero-order chi connectivity index (χ0) is 17.0. The third-order valence-electron chi connectivity index (χ3n) is 3.59. The van der Waals surface area contributed by atoms with Gasteiger partial charge in [-0.3, -0.25) is 10.1 Å². The van der Waals surface area contributed by atoms with Crippen LogP contribution in [0, 0.1) is 10.1 Å². The summed E-state index contributed by atoms with van der Waals surface area (Å²) in [6.07, 6.45) is 0.928. The van der Waals surface area contributed by atoms with Crippen molar-refractivity contribution in [2.24, 2.45) is 0 Å². The fourth-order valence-corrected chi connectivity index (χ4v) is 3.30. The summed E-state index contributed by atoms with van der Waals surface area (Å²) in [6, 6.07) is 12.6. The molecule has 0 aliphatic carbocycles. The molecule has 0 heterocycles. The van der Waals surface area contributed by atoms with E-state index in [2.05, 4.69) is 6.92 Å². The van der Waals surface area contributed by atoms with Crippen molar-refractivity contribution in [1.82, 2.24) is 4.31 Å². The maximum atomic E-state index is 12.5. The van der Waals surface area contributed by atoms with Crippen molar-refractivity contribution < 1.29 is 13.3 Å². The van der Waals surface area contributed by atoms with E-state index >= 15 is 0 Å². The van der Waals surface area contributed by atoms with Crippen molar-refractivity contribution >= 4 is 15.7 Å². The molecule has 2 rings (SSSR count). The molecule has 0 saturated carbocycles. The number of non-ortho nitro benzene ring substituents is 1. The molecule has 0 fully saturated rings. The van der Waals surface area contributed by atoms with Gasteiger partial charge in [0.15, 0.2) is 0 Å². The molecular weight excluding hydrogens is 316 g/mol. The standard InChI is InChI=1S/C16H18N2O4S/c1-3-13-4-6-14(7-5-13)12-17(2)23(21,22)16-10-8-15(9-11-16)18(19)20/h4-11H,3,12H2,1-2H3. The Labute approximate surface area is 135 Å². The molecular formula is C16H18N2O4S. The lowest BCUT2D eigenvalue weighted by molar-refractivity contribution is -0.384. The minimum absolute atomic E-state index is 0.0378. The largest absolute Gasteiger partial charge is 0.269 e. The summed E-state index contributed by atoms with van der Waals surface area (Å²) in [5, 5.41) is 10.6. The second-order valence-electron chi connectivity index (χ2n) is 5.18. The summed E-state index contributed by atoms with van der Waals surface area (Å²) in [7, 11) is -2.19. The van der Waals surface area contributed by atoms with Crippen LogP contribution in [-0.2, 0) is 23.0 Å². The summed E-state index contributed by atoms with van der Waals surface area (Å²) in [5.41, 5.74) is 1.94. The van der Waals surface area contributed by atoms with Crippen LogP contribution in [0.25, 0.3) is 0 Å². The lowest BCUT2D eigenvalue weighted by Crippen LogP contribution is -2.26. The van der Waals surface area contributed by atoms with Gasteiger partial charge in [-0.25, -0.2) is 8.42 Å². The van der Waals surface area contributed by atoms with E-state index in [1.54, 1.807) is 0 Å². The Hall–Kier alpha value is -2.25. The van der Waals surface area contributed by atoms with E-state index in [-0.39, 0.29) is 17.1 Å². The third kappa shape index (κ3) is 3.94. The van der Waals surface area contributed by atoms with Crippen LogP contribution in [0.15, 0.2) is 53.4 Å². The van der Waals surface area contributed by atoms with E-state index in [9.17, 15) is 18.5 Å². The molecule has 0 radical (unpaired) electrons. The average molecular weight is 334 g/mol. The van der Waals surface area contributed by atoms with E-state index in [0.29, 0.717) is 0 Å². The molecule has 0 saturated heterocycles. The smallest absolute Gasteiger partial charge is 0.258 e. The summed E-state index contributed by atoms with van der Waals surface area (Å²) >= 11 is 0. The van der Waals surface area contributed by atoms with Crippen molar-refractivity contribution in [1.29, 1.82) is 0 Å². The average Bonchev–Trinajstić information content (AvgIpc) is 2.55. The van der Waals surface area contributed by atoms with Crippen molar-refractivity contribution in [2.45, 2.75) is 24.8 Å². The SMILES string of the molecule is CCc1ccc(CN(C)S(=O)(=O)c2ccc([N+](=O)[O-])cc2)cc1. The van der Waals surface area contributed by atoms with Gasteiger partial charge < -0.3 is 0 Å². The molecule has 2 aromatic rings. The van der Waals surface area contributed by atoms with E-state index in [1.165, 1.54) is 41.2 Å². The Kier molecular flexibility index (Phi) is 5.12. The predicted molar refractivity (Wildman–Crippen MR) is 87.6 cm³/mol. The van der Waals surface area contributed by atoms with Crippen molar-refractivity contribution in [2.75, 3.05) is 7.05 Å². The van der Waals surface area contributed by atoms with Gasteiger partial charge in [0.1, 0.15) is 0 Å². The van der Waals surface area contributed by atoms with E-state index in [0.717, 1.165) is 12.0 Å². The Bertz CT molecular complexity index is 784. The number of aryl methyl sites for hydroxylation is 1. The van der Waals surface area contributed by atoms with E-state index in [1.807, 2.05) is 24.3 Å². The monoisotopic (exact) mass is 334 g/mol. The summed E-state index contributed by atoms with van der Waals surface area (Å²) in [6.45, 7) is 2.30. The zero-order valence-corrected chi connectivity index (χ0v) is 13.8. The van der Waals surface area contributed by atoms with Gasteiger partial charge >= 0.3 is 0 Å². The molecule has 0 amide bonds. The number of rotatable bonds is 6. The van der Waals surface area contributed by atoms with Crippen LogP contribution in [0.1, 0.15) is 18.1 Å². The van der Waals surface area contributed by atoms with Crippen LogP contribution >= 0.6 is 0 Å². The number of benzene rings is 2. The number of nitro groups is 1. The molecule has 7 heteroatoms. The molecule has 0 unspecified atom stereocenters. The Morgan fingerprint density at radius 1 is 1.00 bits per heavy atom. The lowest BCUT2D eigenvalue weighted by atomic mass is 10.1. The Balaban J connectivity index is 2.18. The molecule has 0 aromatic heterocycles. The number of hydrogen-bond donors (Lipinski definition) is 0. The second kappa shape index (κ2) is 6.89. The Morgan fingerprint density at radius 2 is 1.52 bits per heavy atom. The Morgan fingerprint density at radius 3 is 2.00 bits per heavy atom. The first-order valence-corrected chi connectivity index (χ1v) is 8.57. The molecule has 23 heavy (non-hydrogen) atoms. The van der Waals surface area contributed by atoms with Crippen molar-refractivity contribution in [3.8, 4) is 0 Å². The number of hydrogen-bond acceptors (Lipinski definition) is 4. The minimum Gasteiger partial charge on any atom is -0.258 e. The summed E-state index contributed by atoms with van der Waals surface area (Å²) in [5.74, 6) is 0. The molecule has 122 valence electrons. The summed E-state index contributed by atoms with van der Waals surface area (Å²) in [4.78, 5) is 10.1. The normalized spacial score (nSPS) is 11.6. The second-order valence-corrected chi connectivity index (χ2v) is 7.23. The first-order chi connectivity index (χ1) is 10.8. The number of nitro benzene ring substituents is 1. The highest BCUT2D eigenvalue weighted by atomic mass is 32.2. The molecule has 2 aromatic carbocycles. The van der Waals surface area contributed by atoms with Crippen LogP contribution in [0.4, 0.5) is 5.69 Å². The maximum absolute atomic E-state index is 12.5. The van der Waals surface area contributed by atoms with Gasteiger partial charge in [-0.05, 0) is 29.7 Å². The molecule has 0 spiro atoms. The van der Waals surface area contributed by atoms with E-state index < -0.39 is 14.9 Å². The molecule has 0 aliphatic heterocycles. The topological polar surface area (TPSA) is 80.5 Å². The first kappa shape index (κ1) is 17.1. The van der Waals surface area contributed by atoms with Gasteiger partial charge in [0, 0.05) is 25.7 Å². The minimum atomic E-state index is -3.68. The summed E-state index contributed by atoms with van der Waals surface area (Å²) < 4.78 is 26.2. The van der Waals surface area contributed by atoms with Gasteiger partial charge in [0.25, 0.3) is 5.69 Å². The molecule has 0 N–H and O–H groups in total. The van der Waals surface area contributed by atoms with Gasteiger partial charge in [-0.15, -0.1) is 0 Å². The molecule has 0 bridgehead atoms. The van der Waals surface area contributed by atoms with Crippen LogP contribution in [0.3, 0.4) is 0 Å². The fraction of sp³-hybridized carbons (Fsp3) is 0.250. The lowest BCUT2D eigenvalue weighted by Gasteiger charge is -2.17. The first-order valence-electron chi connectivity index (χ1n) is 7.13. The highest BCUT2D eigenvalue weighted by Gasteiger charge is 2.21. The highest BCUT2D eigenvalue weighted by Crippen LogP contribution is 2.20. The maximum Gasteiger partial charge on any atom is 0.269 e. The van der Waals surface area contributed by atoms with Gasteiger partial charge in [0.2, 0.25) is 10.0 Å². The van der Waals surface area contributed by atoms with Gasteiger partial charge in [-0.1, -0.05) is 31.2 Å². The number of sulfonamides is 1. The fourth-order valence-electron chi connectivity index (χ4n) is 2.14. The molecule has 6 nitrogen and oxygen atoms in total. The third-order valence-corrected chi connectivity index (χ3v) is 5.41. The zero-order valence-electron chi connectivity index (χ0n) is 13.0. The van der Waals surface area contributed by atoms with Crippen LogP contribution < -0.4 is 0 Å². The van der Waals surface area contributed by atoms with Gasteiger partial charge in [-0.2, -0.15) is 4.31 Å². The van der Waals surface area contributed by atoms with E-state index in [4.69, 9.17) is 0 Å². The number of nitrogens with zero attached hydrogens (tertiary/aromatic N) is 2. The highest BCUT2D eigenvalue weighted by molar-refractivity contribution is 7.89. The van der Waals surface area contributed by atoms with Crippen molar-refractivity contribution in [3.63, 3.8) is 0 Å². The van der Waals surface area contributed by atoms with Gasteiger partial charge in [0.05, 0.1) is 9.82 Å². The predicted octanol–water partition coefficient (Wildman–Crippen LogP) is 2.98. The molecule has 0 aliphatic rings. The molecule has 0 atom stereocenters. The van der Waals surface area contributed by atoms with Crippen LogP contribution in [-0.4, -0.2) is 24.7 Å².